The summed E-state index contributed by atoms with van der Waals surface area (Å²) in [5.41, 5.74) is 5.36. The van der Waals surface area contributed by atoms with Crippen LogP contribution in [0.1, 0.15) is 11.5 Å². The zero-order valence-electron chi connectivity index (χ0n) is 9.87. The number of aliphatic carboxylic acids is 1. The van der Waals surface area contributed by atoms with E-state index >= 15 is 0 Å². The first-order chi connectivity index (χ1) is 8.47. The molecule has 1 aromatic carbocycles. The topological polar surface area (TPSA) is 81.8 Å². The van der Waals surface area contributed by atoms with E-state index in [1.54, 1.807) is 0 Å². The normalized spacial score (nSPS) is 12.1. The third-order valence-electron chi connectivity index (χ3n) is 2.48. The number of hydrogen-bond donors (Lipinski definition) is 2. The monoisotopic (exact) mass is 277 g/mol. The van der Waals surface area contributed by atoms with Crippen molar-refractivity contribution in [2.75, 3.05) is 20.8 Å². The number of carboxylic acid groups (broad SMARTS) is 1. The maximum absolute atomic E-state index is 13.6. The van der Waals surface area contributed by atoms with Crippen LogP contribution < -0.4 is 15.2 Å². The summed E-state index contributed by atoms with van der Waals surface area (Å²) in [6, 6.07) is 1.03. The molecule has 0 fully saturated rings. The fraction of sp³-hybridized carbons (Fsp3) is 0.364. The number of rotatable bonds is 5. The fourth-order valence-electron chi connectivity index (χ4n) is 1.62. The molecular weight excluding hydrogens is 265 g/mol. The van der Waals surface area contributed by atoms with Crippen LogP contribution in [0.25, 0.3) is 0 Å². The smallest absolute Gasteiger partial charge is 0.312 e. The maximum Gasteiger partial charge on any atom is 0.312 e. The van der Waals surface area contributed by atoms with Crippen LogP contribution in [0, 0.1) is 5.82 Å². The molecule has 1 rings (SSSR count). The summed E-state index contributed by atoms with van der Waals surface area (Å²) < 4.78 is 23.6. The highest BCUT2D eigenvalue weighted by Gasteiger charge is 2.29. The molecule has 0 amide bonds. The van der Waals surface area contributed by atoms with Gasteiger partial charge in [0.1, 0.15) is 5.82 Å². The van der Waals surface area contributed by atoms with Crippen molar-refractivity contribution < 1.29 is 23.8 Å². The molecule has 7 heteroatoms. The third kappa shape index (κ3) is 2.49. The predicted molar refractivity (Wildman–Crippen MR) is 63.9 cm³/mol. The number of benzene rings is 1. The minimum atomic E-state index is -1.22. The van der Waals surface area contributed by atoms with E-state index in [1.807, 2.05) is 0 Å². The van der Waals surface area contributed by atoms with E-state index in [2.05, 4.69) is 0 Å². The molecule has 0 aliphatic heterocycles. The molecule has 0 spiro atoms. The van der Waals surface area contributed by atoms with Crippen molar-refractivity contribution in [1.29, 1.82) is 0 Å². The molecule has 1 aromatic rings. The third-order valence-corrected chi connectivity index (χ3v) is 2.86. The Labute approximate surface area is 108 Å². The Kier molecular flexibility index (Phi) is 4.75. The van der Waals surface area contributed by atoms with Crippen LogP contribution in [0.4, 0.5) is 4.39 Å². The van der Waals surface area contributed by atoms with Gasteiger partial charge in [0.2, 0.25) is 0 Å². The van der Waals surface area contributed by atoms with Crippen molar-refractivity contribution >= 4 is 17.6 Å². The van der Waals surface area contributed by atoms with Gasteiger partial charge < -0.3 is 20.3 Å². The van der Waals surface area contributed by atoms with Gasteiger partial charge in [0.05, 0.1) is 25.2 Å². The molecule has 0 heterocycles. The van der Waals surface area contributed by atoms with Crippen LogP contribution in [0.3, 0.4) is 0 Å². The first-order valence-corrected chi connectivity index (χ1v) is 5.38. The highest BCUT2D eigenvalue weighted by molar-refractivity contribution is 6.32. The summed E-state index contributed by atoms with van der Waals surface area (Å²) >= 11 is 5.79. The van der Waals surface area contributed by atoms with Crippen molar-refractivity contribution in [1.82, 2.24) is 0 Å². The second-order valence-corrected chi connectivity index (χ2v) is 3.83. The molecule has 0 saturated carbocycles. The van der Waals surface area contributed by atoms with E-state index in [4.69, 9.17) is 31.9 Å². The van der Waals surface area contributed by atoms with Gasteiger partial charge in [0.15, 0.2) is 11.5 Å². The summed E-state index contributed by atoms with van der Waals surface area (Å²) in [5, 5.41) is 8.74. The molecule has 0 aliphatic rings. The Morgan fingerprint density at radius 2 is 2.17 bits per heavy atom. The van der Waals surface area contributed by atoms with E-state index in [-0.39, 0.29) is 28.6 Å². The molecular formula is C11H13ClFNO4. The van der Waals surface area contributed by atoms with Crippen LogP contribution in [0.5, 0.6) is 11.5 Å². The number of carboxylic acids is 1. The molecule has 1 unspecified atom stereocenters. The highest BCUT2D eigenvalue weighted by Crippen LogP contribution is 2.41. The fourth-order valence-corrected chi connectivity index (χ4v) is 1.89. The molecule has 5 nitrogen and oxygen atoms in total. The summed E-state index contributed by atoms with van der Waals surface area (Å²) in [4.78, 5) is 11.1. The lowest BCUT2D eigenvalue weighted by Crippen LogP contribution is -2.22. The number of carbonyl (C=O) groups is 1. The van der Waals surface area contributed by atoms with Gasteiger partial charge in [-0.3, -0.25) is 4.79 Å². The van der Waals surface area contributed by atoms with Gasteiger partial charge in [-0.2, -0.15) is 0 Å². The standard InChI is InChI=1S/C11H13ClFNO4/c1-17-7-3-6(13)9(12)8(10(7)18-2)5(4-14)11(15)16/h3,5H,4,14H2,1-2H3,(H,15,16). The number of methoxy groups -OCH3 is 2. The van der Waals surface area contributed by atoms with Crippen LogP contribution in [-0.4, -0.2) is 31.8 Å². The Bertz CT molecular complexity index is 467. The lowest BCUT2D eigenvalue weighted by molar-refractivity contribution is -0.138. The quantitative estimate of drug-likeness (QED) is 0.855. The van der Waals surface area contributed by atoms with Gasteiger partial charge in [-0.05, 0) is 0 Å². The van der Waals surface area contributed by atoms with E-state index < -0.39 is 17.7 Å². The summed E-state index contributed by atoms with van der Waals surface area (Å²) in [5.74, 6) is -3.04. The van der Waals surface area contributed by atoms with Gasteiger partial charge in [-0.25, -0.2) is 4.39 Å². The Morgan fingerprint density at radius 3 is 2.56 bits per heavy atom. The number of hydrogen-bond acceptors (Lipinski definition) is 4. The zero-order chi connectivity index (χ0) is 13.9. The molecule has 0 saturated heterocycles. The van der Waals surface area contributed by atoms with E-state index in [0.717, 1.165) is 6.07 Å². The lowest BCUT2D eigenvalue weighted by atomic mass is 9.97. The van der Waals surface area contributed by atoms with Gasteiger partial charge in [-0.1, -0.05) is 11.6 Å². The Hall–Kier alpha value is -1.53. The Morgan fingerprint density at radius 1 is 1.56 bits per heavy atom. The highest BCUT2D eigenvalue weighted by atomic mass is 35.5. The lowest BCUT2D eigenvalue weighted by Gasteiger charge is -2.18. The van der Waals surface area contributed by atoms with Crippen LogP contribution >= 0.6 is 11.6 Å². The number of nitrogens with two attached hydrogens (primary N) is 1. The van der Waals surface area contributed by atoms with Gasteiger partial charge in [0.25, 0.3) is 0 Å². The van der Waals surface area contributed by atoms with Crippen molar-refractivity contribution in [3.63, 3.8) is 0 Å². The average Bonchev–Trinajstić information content (AvgIpc) is 2.34. The van der Waals surface area contributed by atoms with Crippen molar-refractivity contribution in [2.24, 2.45) is 5.73 Å². The first kappa shape index (κ1) is 14.5. The van der Waals surface area contributed by atoms with Crippen LogP contribution in [0.2, 0.25) is 5.02 Å². The molecule has 100 valence electrons. The van der Waals surface area contributed by atoms with E-state index in [0.29, 0.717) is 0 Å². The van der Waals surface area contributed by atoms with Crippen LogP contribution in [-0.2, 0) is 4.79 Å². The van der Waals surface area contributed by atoms with Crippen molar-refractivity contribution in [2.45, 2.75) is 5.92 Å². The summed E-state index contributed by atoms with van der Waals surface area (Å²) in [6.07, 6.45) is 0. The number of halogens is 2. The first-order valence-electron chi connectivity index (χ1n) is 5.00. The van der Waals surface area contributed by atoms with Gasteiger partial charge >= 0.3 is 5.97 Å². The minimum Gasteiger partial charge on any atom is -0.493 e. The van der Waals surface area contributed by atoms with Crippen LogP contribution in [0.15, 0.2) is 6.07 Å². The zero-order valence-corrected chi connectivity index (χ0v) is 10.6. The SMILES string of the molecule is COc1cc(F)c(Cl)c(C(CN)C(=O)O)c1OC. The van der Waals surface area contributed by atoms with Crippen molar-refractivity contribution in [3.05, 3.63) is 22.5 Å². The molecule has 0 aromatic heterocycles. The van der Waals surface area contributed by atoms with E-state index in [1.165, 1.54) is 14.2 Å². The second kappa shape index (κ2) is 5.88. The average molecular weight is 278 g/mol. The molecule has 0 bridgehead atoms. The summed E-state index contributed by atoms with van der Waals surface area (Å²) in [6.45, 7) is -0.238. The van der Waals surface area contributed by atoms with Gasteiger partial charge in [0, 0.05) is 18.2 Å². The van der Waals surface area contributed by atoms with Crippen molar-refractivity contribution in [3.8, 4) is 11.5 Å². The molecule has 1 atom stereocenters. The van der Waals surface area contributed by atoms with E-state index in [9.17, 15) is 9.18 Å². The molecule has 3 N–H and O–H groups in total. The minimum absolute atomic E-state index is 0.0222. The maximum atomic E-state index is 13.6. The molecule has 0 radical (unpaired) electrons. The largest absolute Gasteiger partial charge is 0.493 e. The second-order valence-electron chi connectivity index (χ2n) is 3.45. The molecule has 0 aliphatic carbocycles. The molecule has 18 heavy (non-hydrogen) atoms. The van der Waals surface area contributed by atoms with Gasteiger partial charge in [-0.15, -0.1) is 0 Å². The predicted octanol–water partition coefficient (Wildman–Crippen LogP) is 1.62. The summed E-state index contributed by atoms with van der Waals surface area (Å²) in [7, 11) is 2.62. The Balaban J connectivity index is 3.57. The number of ether oxygens (including phenoxy) is 2.